The molecule has 0 aliphatic heterocycles. The smallest absolute Gasteiger partial charge is 0.123 e. The van der Waals surface area contributed by atoms with Crippen molar-refractivity contribution in [2.24, 2.45) is 5.73 Å². The average Bonchev–Trinajstić information content (AvgIpc) is 2.39. The van der Waals surface area contributed by atoms with Gasteiger partial charge in [0.15, 0.2) is 0 Å². The number of aryl methyl sites for hydroxylation is 2. The molecule has 0 saturated carbocycles. The highest BCUT2D eigenvalue weighted by Gasteiger charge is 2.11. The molecule has 2 aromatic carbocycles. The third-order valence-electron chi connectivity index (χ3n) is 3.53. The number of nitrogens with two attached hydrogens (primary N) is 1. The van der Waals surface area contributed by atoms with E-state index >= 15 is 0 Å². The predicted molar refractivity (Wildman–Crippen MR) is 82.5 cm³/mol. The van der Waals surface area contributed by atoms with Crippen LogP contribution >= 0.6 is 0 Å². The summed E-state index contributed by atoms with van der Waals surface area (Å²) in [6.07, 6.45) is 0. The van der Waals surface area contributed by atoms with Crippen LogP contribution in [0, 0.1) is 19.7 Å². The lowest BCUT2D eigenvalue weighted by Gasteiger charge is -2.25. The van der Waals surface area contributed by atoms with Crippen LogP contribution in [-0.4, -0.2) is 13.6 Å². The number of nitrogens with zero attached hydrogens (tertiary/aromatic N) is 1. The quantitative estimate of drug-likeness (QED) is 0.921. The number of benzene rings is 2. The van der Waals surface area contributed by atoms with Gasteiger partial charge in [-0.1, -0.05) is 29.8 Å². The fourth-order valence-electron chi connectivity index (χ4n) is 2.44. The minimum Gasteiger partial charge on any atom is -0.372 e. The second-order valence-electron chi connectivity index (χ2n) is 5.33. The summed E-state index contributed by atoms with van der Waals surface area (Å²) in [4.78, 5) is 2.14. The molecule has 3 heteroatoms. The van der Waals surface area contributed by atoms with Crippen LogP contribution in [-0.2, 0) is 0 Å². The van der Waals surface area contributed by atoms with Crippen molar-refractivity contribution in [1.82, 2.24) is 0 Å². The summed E-state index contributed by atoms with van der Waals surface area (Å²) < 4.78 is 12.9. The van der Waals surface area contributed by atoms with Gasteiger partial charge in [-0.2, -0.15) is 0 Å². The molecule has 0 aliphatic carbocycles. The molecule has 0 aliphatic rings. The third-order valence-corrected chi connectivity index (χ3v) is 3.53. The Morgan fingerprint density at radius 2 is 1.75 bits per heavy atom. The Morgan fingerprint density at radius 3 is 2.35 bits per heavy atom. The highest BCUT2D eigenvalue weighted by molar-refractivity contribution is 5.54. The molecule has 1 unspecified atom stereocenters. The number of anilines is 1. The van der Waals surface area contributed by atoms with Gasteiger partial charge in [-0.3, -0.25) is 0 Å². The Kier molecular flexibility index (Phi) is 4.40. The molecule has 0 fully saturated rings. The summed E-state index contributed by atoms with van der Waals surface area (Å²) in [5.41, 5.74) is 10.8. The van der Waals surface area contributed by atoms with Gasteiger partial charge in [-0.15, -0.1) is 0 Å². The van der Waals surface area contributed by atoms with Crippen LogP contribution in [0.5, 0.6) is 0 Å². The Labute approximate surface area is 120 Å². The third kappa shape index (κ3) is 3.36. The van der Waals surface area contributed by atoms with Gasteiger partial charge in [-0.25, -0.2) is 4.39 Å². The molecule has 0 radical (unpaired) electrons. The summed E-state index contributed by atoms with van der Waals surface area (Å²) in [7, 11) is 2.03. The second-order valence-corrected chi connectivity index (χ2v) is 5.33. The maximum Gasteiger partial charge on any atom is 0.123 e. The van der Waals surface area contributed by atoms with Gasteiger partial charge in [-0.05, 0) is 43.2 Å². The van der Waals surface area contributed by atoms with Gasteiger partial charge in [0.25, 0.3) is 0 Å². The van der Waals surface area contributed by atoms with Crippen molar-refractivity contribution in [3.05, 3.63) is 65.0 Å². The molecule has 2 rings (SSSR count). The van der Waals surface area contributed by atoms with E-state index < -0.39 is 0 Å². The van der Waals surface area contributed by atoms with E-state index in [9.17, 15) is 4.39 Å². The Bertz CT molecular complexity index is 578. The minimum absolute atomic E-state index is 0.138. The zero-order valence-electron chi connectivity index (χ0n) is 12.2. The lowest BCUT2D eigenvalue weighted by atomic mass is 10.1. The number of hydrogen-bond acceptors (Lipinski definition) is 2. The normalized spacial score (nSPS) is 12.2. The standard InChI is InChI=1S/C17H21FN2/c1-12-4-9-17(13(2)10-12)20(3)11-16(19)14-5-7-15(18)8-6-14/h4-10,16H,11,19H2,1-3H3. The molecule has 0 saturated heterocycles. The van der Waals surface area contributed by atoms with Gasteiger partial charge < -0.3 is 10.6 Å². The molecule has 2 N–H and O–H groups in total. The van der Waals surface area contributed by atoms with Crippen LogP contribution in [0.1, 0.15) is 22.7 Å². The van der Waals surface area contributed by atoms with Crippen molar-refractivity contribution < 1.29 is 4.39 Å². The molecular formula is C17H21FN2. The average molecular weight is 272 g/mol. The maximum absolute atomic E-state index is 12.9. The van der Waals surface area contributed by atoms with Crippen molar-refractivity contribution in [1.29, 1.82) is 0 Å². The summed E-state index contributed by atoms with van der Waals surface area (Å²) >= 11 is 0. The van der Waals surface area contributed by atoms with Crippen LogP contribution in [0.25, 0.3) is 0 Å². The SMILES string of the molecule is Cc1ccc(N(C)CC(N)c2ccc(F)cc2)c(C)c1. The minimum atomic E-state index is -0.233. The van der Waals surface area contributed by atoms with Gasteiger partial charge in [0.05, 0.1) is 0 Å². The maximum atomic E-state index is 12.9. The molecule has 0 amide bonds. The first-order chi connectivity index (χ1) is 9.47. The summed E-state index contributed by atoms with van der Waals surface area (Å²) in [6, 6.07) is 12.6. The van der Waals surface area contributed by atoms with Crippen LogP contribution in [0.2, 0.25) is 0 Å². The molecular weight excluding hydrogens is 251 g/mol. The van der Waals surface area contributed by atoms with Crippen molar-refractivity contribution in [3.63, 3.8) is 0 Å². The van der Waals surface area contributed by atoms with E-state index in [-0.39, 0.29) is 11.9 Å². The largest absolute Gasteiger partial charge is 0.372 e. The summed E-state index contributed by atoms with van der Waals surface area (Å²) in [6.45, 7) is 4.87. The van der Waals surface area contributed by atoms with Gasteiger partial charge in [0.1, 0.15) is 5.82 Å². The van der Waals surface area contributed by atoms with E-state index in [0.717, 1.165) is 5.56 Å². The highest BCUT2D eigenvalue weighted by atomic mass is 19.1. The predicted octanol–water partition coefficient (Wildman–Crippen LogP) is 3.58. The highest BCUT2D eigenvalue weighted by Crippen LogP contribution is 2.22. The van der Waals surface area contributed by atoms with Gasteiger partial charge >= 0.3 is 0 Å². The zero-order chi connectivity index (χ0) is 14.7. The first-order valence-electron chi connectivity index (χ1n) is 6.77. The van der Waals surface area contributed by atoms with Crippen LogP contribution < -0.4 is 10.6 Å². The Balaban J connectivity index is 2.10. The molecule has 106 valence electrons. The first kappa shape index (κ1) is 14.5. The number of halogens is 1. The monoisotopic (exact) mass is 272 g/mol. The molecule has 0 bridgehead atoms. The van der Waals surface area contributed by atoms with E-state index in [1.165, 1.54) is 28.9 Å². The van der Waals surface area contributed by atoms with Crippen LogP contribution in [0.4, 0.5) is 10.1 Å². The lowest BCUT2D eigenvalue weighted by Crippen LogP contribution is -2.29. The summed E-state index contributed by atoms with van der Waals surface area (Å²) in [5.74, 6) is -0.233. The second kappa shape index (κ2) is 6.06. The van der Waals surface area contributed by atoms with Gasteiger partial charge in [0.2, 0.25) is 0 Å². The number of hydrogen-bond donors (Lipinski definition) is 1. The zero-order valence-corrected chi connectivity index (χ0v) is 12.2. The van der Waals surface area contributed by atoms with E-state index in [1.54, 1.807) is 12.1 Å². The molecule has 1 atom stereocenters. The number of rotatable bonds is 4. The van der Waals surface area contributed by atoms with E-state index in [1.807, 2.05) is 7.05 Å². The van der Waals surface area contributed by atoms with E-state index in [0.29, 0.717) is 6.54 Å². The van der Waals surface area contributed by atoms with Crippen molar-refractivity contribution in [2.75, 3.05) is 18.5 Å². The molecule has 20 heavy (non-hydrogen) atoms. The topological polar surface area (TPSA) is 29.3 Å². The van der Waals surface area contributed by atoms with Crippen LogP contribution in [0.15, 0.2) is 42.5 Å². The molecule has 2 nitrogen and oxygen atoms in total. The Morgan fingerprint density at radius 1 is 1.10 bits per heavy atom. The van der Waals surface area contributed by atoms with Crippen molar-refractivity contribution in [2.45, 2.75) is 19.9 Å². The molecule has 0 aromatic heterocycles. The van der Waals surface area contributed by atoms with E-state index in [2.05, 4.69) is 36.9 Å². The fourth-order valence-corrected chi connectivity index (χ4v) is 2.44. The number of likely N-dealkylation sites (N-methyl/N-ethyl adjacent to an activating group) is 1. The van der Waals surface area contributed by atoms with E-state index in [4.69, 9.17) is 5.73 Å². The van der Waals surface area contributed by atoms with Crippen LogP contribution in [0.3, 0.4) is 0 Å². The molecule has 0 heterocycles. The van der Waals surface area contributed by atoms with Crippen molar-refractivity contribution >= 4 is 5.69 Å². The first-order valence-corrected chi connectivity index (χ1v) is 6.77. The lowest BCUT2D eigenvalue weighted by molar-refractivity contribution is 0.624. The fraction of sp³-hybridized carbons (Fsp3) is 0.294. The molecule has 2 aromatic rings. The summed E-state index contributed by atoms with van der Waals surface area (Å²) in [5, 5.41) is 0. The van der Waals surface area contributed by atoms with Gasteiger partial charge in [0, 0.05) is 25.3 Å². The Hall–Kier alpha value is -1.87. The molecule has 0 spiro atoms. The van der Waals surface area contributed by atoms with Crippen molar-refractivity contribution in [3.8, 4) is 0 Å².